The Balaban J connectivity index is 2.61. The summed E-state index contributed by atoms with van der Waals surface area (Å²) in [6.45, 7) is 7.83. The lowest BCUT2D eigenvalue weighted by atomic mass is 9.97. The van der Waals surface area contributed by atoms with E-state index in [1.807, 2.05) is 12.1 Å². The maximum absolute atomic E-state index is 6.21. The van der Waals surface area contributed by atoms with Crippen LogP contribution in [0.5, 0.6) is 0 Å². The molecule has 0 radical (unpaired) electrons. The number of rotatable bonds is 7. The van der Waals surface area contributed by atoms with Crippen LogP contribution < -0.4 is 5.32 Å². The Labute approximate surface area is 111 Å². The monoisotopic (exact) mass is 253 g/mol. The van der Waals surface area contributed by atoms with Crippen molar-refractivity contribution in [3.63, 3.8) is 0 Å². The van der Waals surface area contributed by atoms with Crippen LogP contribution in [0.3, 0.4) is 0 Å². The van der Waals surface area contributed by atoms with E-state index in [9.17, 15) is 0 Å². The second-order valence-electron chi connectivity index (χ2n) is 5.08. The molecule has 2 heteroatoms. The zero-order valence-corrected chi connectivity index (χ0v) is 11.9. The van der Waals surface area contributed by atoms with E-state index in [0.717, 1.165) is 18.0 Å². The lowest BCUT2D eigenvalue weighted by Gasteiger charge is -2.21. The van der Waals surface area contributed by atoms with Gasteiger partial charge in [-0.3, -0.25) is 0 Å². The molecule has 1 rings (SSSR count). The van der Waals surface area contributed by atoms with Crippen LogP contribution in [0.15, 0.2) is 24.3 Å². The summed E-state index contributed by atoms with van der Waals surface area (Å²) >= 11 is 6.21. The quantitative estimate of drug-likeness (QED) is 0.764. The van der Waals surface area contributed by atoms with Gasteiger partial charge in [-0.25, -0.2) is 0 Å². The summed E-state index contributed by atoms with van der Waals surface area (Å²) in [6.07, 6.45) is 3.40. The van der Waals surface area contributed by atoms with Crippen molar-refractivity contribution in [1.82, 2.24) is 5.32 Å². The zero-order chi connectivity index (χ0) is 12.7. The molecule has 17 heavy (non-hydrogen) atoms. The maximum Gasteiger partial charge on any atom is 0.0438 e. The highest BCUT2D eigenvalue weighted by Crippen LogP contribution is 2.19. The fraction of sp³-hybridized carbons (Fsp3) is 0.600. The molecule has 0 aliphatic rings. The lowest BCUT2D eigenvalue weighted by molar-refractivity contribution is 0.416. The minimum absolute atomic E-state index is 0.537. The van der Waals surface area contributed by atoms with Crippen LogP contribution in [0.2, 0.25) is 5.02 Å². The van der Waals surface area contributed by atoms with Crippen LogP contribution in [0.25, 0.3) is 0 Å². The standard InChI is InChI=1S/C15H24ClN/c1-4-9-17-14(10-12(2)3)11-13-7-5-6-8-15(13)16/h5-8,12,14,17H,4,9-11H2,1-3H3. The number of hydrogen-bond donors (Lipinski definition) is 1. The van der Waals surface area contributed by atoms with E-state index in [-0.39, 0.29) is 0 Å². The summed E-state index contributed by atoms with van der Waals surface area (Å²) in [5.41, 5.74) is 1.25. The summed E-state index contributed by atoms with van der Waals surface area (Å²) in [7, 11) is 0. The van der Waals surface area contributed by atoms with Gasteiger partial charge in [0.1, 0.15) is 0 Å². The molecule has 0 aliphatic carbocycles. The number of benzene rings is 1. The molecule has 0 heterocycles. The van der Waals surface area contributed by atoms with Crippen molar-refractivity contribution in [2.75, 3.05) is 6.54 Å². The first-order chi connectivity index (χ1) is 8.13. The van der Waals surface area contributed by atoms with E-state index in [0.29, 0.717) is 12.0 Å². The Morgan fingerprint density at radius 3 is 2.53 bits per heavy atom. The minimum Gasteiger partial charge on any atom is -0.314 e. The van der Waals surface area contributed by atoms with Gasteiger partial charge in [-0.2, -0.15) is 0 Å². The van der Waals surface area contributed by atoms with Crippen LogP contribution in [0.4, 0.5) is 0 Å². The normalized spacial score (nSPS) is 13.0. The highest BCUT2D eigenvalue weighted by atomic mass is 35.5. The molecule has 0 saturated carbocycles. The molecule has 96 valence electrons. The average molecular weight is 254 g/mol. The zero-order valence-electron chi connectivity index (χ0n) is 11.2. The largest absolute Gasteiger partial charge is 0.314 e. The molecule has 1 aromatic rings. The van der Waals surface area contributed by atoms with Crippen molar-refractivity contribution in [3.05, 3.63) is 34.9 Å². The van der Waals surface area contributed by atoms with Crippen LogP contribution in [0.1, 0.15) is 39.2 Å². The summed E-state index contributed by atoms with van der Waals surface area (Å²) < 4.78 is 0. The van der Waals surface area contributed by atoms with Crippen molar-refractivity contribution >= 4 is 11.6 Å². The first-order valence-electron chi connectivity index (χ1n) is 6.60. The van der Waals surface area contributed by atoms with E-state index in [1.165, 1.54) is 18.4 Å². The molecule has 0 bridgehead atoms. The molecule has 1 nitrogen and oxygen atoms in total. The van der Waals surface area contributed by atoms with Gasteiger partial charge in [0.05, 0.1) is 0 Å². The van der Waals surface area contributed by atoms with E-state index >= 15 is 0 Å². The molecule has 0 fully saturated rings. The smallest absolute Gasteiger partial charge is 0.0438 e. The molecule has 1 aromatic carbocycles. The predicted octanol–water partition coefficient (Wildman–Crippen LogP) is 4.30. The van der Waals surface area contributed by atoms with Gasteiger partial charge < -0.3 is 5.32 Å². The third-order valence-corrected chi connectivity index (χ3v) is 3.23. The molecule has 0 saturated heterocycles. The van der Waals surface area contributed by atoms with Crippen molar-refractivity contribution in [2.45, 2.75) is 46.1 Å². The van der Waals surface area contributed by atoms with Crippen LogP contribution in [0, 0.1) is 5.92 Å². The van der Waals surface area contributed by atoms with Crippen LogP contribution in [-0.2, 0) is 6.42 Å². The number of halogens is 1. The highest BCUT2D eigenvalue weighted by molar-refractivity contribution is 6.31. The van der Waals surface area contributed by atoms with Gasteiger partial charge in [-0.05, 0) is 43.4 Å². The Kier molecular flexibility index (Phi) is 6.61. The molecule has 0 aromatic heterocycles. The molecular weight excluding hydrogens is 230 g/mol. The van der Waals surface area contributed by atoms with Crippen molar-refractivity contribution < 1.29 is 0 Å². The maximum atomic E-state index is 6.21. The van der Waals surface area contributed by atoms with Crippen LogP contribution >= 0.6 is 11.6 Å². The number of nitrogens with one attached hydrogen (secondary N) is 1. The highest BCUT2D eigenvalue weighted by Gasteiger charge is 2.12. The fourth-order valence-electron chi connectivity index (χ4n) is 2.09. The van der Waals surface area contributed by atoms with Crippen molar-refractivity contribution in [3.8, 4) is 0 Å². The molecule has 0 aliphatic heterocycles. The minimum atomic E-state index is 0.537. The summed E-state index contributed by atoms with van der Waals surface area (Å²) in [5.74, 6) is 0.715. The van der Waals surface area contributed by atoms with Gasteiger partial charge in [0.2, 0.25) is 0 Å². The van der Waals surface area contributed by atoms with Gasteiger partial charge >= 0.3 is 0 Å². The lowest BCUT2D eigenvalue weighted by Crippen LogP contribution is -2.33. The second-order valence-corrected chi connectivity index (χ2v) is 5.48. The van der Waals surface area contributed by atoms with E-state index < -0.39 is 0 Å². The van der Waals surface area contributed by atoms with Crippen LogP contribution in [-0.4, -0.2) is 12.6 Å². The summed E-state index contributed by atoms with van der Waals surface area (Å²) in [6, 6.07) is 8.69. The third kappa shape index (κ3) is 5.56. The van der Waals surface area contributed by atoms with Gasteiger partial charge in [0, 0.05) is 11.1 Å². The first kappa shape index (κ1) is 14.5. The van der Waals surface area contributed by atoms with Gasteiger partial charge in [-0.15, -0.1) is 0 Å². The van der Waals surface area contributed by atoms with Gasteiger partial charge in [0.25, 0.3) is 0 Å². The van der Waals surface area contributed by atoms with E-state index in [2.05, 4.69) is 38.2 Å². The Bertz CT molecular complexity index is 322. The Morgan fingerprint density at radius 1 is 1.24 bits per heavy atom. The Hall–Kier alpha value is -0.530. The van der Waals surface area contributed by atoms with E-state index in [1.54, 1.807) is 0 Å². The predicted molar refractivity (Wildman–Crippen MR) is 76.7 cm³/mol. The molecular formula is C15H24ClN. The van der Waals surface area contributed by atoms with Gasteiger partial charge in [-0.1, -0.05) is 50.6 Å². The SMILES string of the molecule is CCCNC(Cc1ccccc1Cl)CC(C)C. The molecule has 0 spiro atoms. The Morgan fingerprint density at radius 2 is 1.94 bits per heavy atom. The van der Waals surface area contributed by atoms with Gasteiger partial charge in [0.15, 0.2) is 0 Å². The van der Waals surface area contributed by atoms with Crippen molar-refractivity contribution in [1.29, 1.82) is 0 Å². The van der Waals surface area contributed by atoms with E-state index in [4.69, 9.17) is 11.6 Å². The molecule has 1 unspecified atom stereocenters. The number of hydrogen-bond acceptors (Lipinski definition) is 1. The molecule has 0 amide bonds. The first-order valence-corrected chi connectivity index (χ1v) is 6.98. The molecule has 1 N–H and O–H groups in total. The molecule has 1 atom stereocenters. The second kappa shape index (κ2) is 7.73. The fourth-order valence-corrected chi connectivity index (χ4v) is 2.30. The third-order valence-electron chi connectivity index (χ3n) is 2.86. The van der Waals surface area contributed by atoms with Crippen molar-refractivity contribution in [2.24, 2.45) is 5.92 Å². The summed E-state index contributed by atoms with van der Waals surface area (Å²) in [5, 5.41) is 4.51. The summed E-state index contributed by atoms with van der Waals surface area (Å²) in [4.78, 5) is 0. The topological polar surface area (TPSA) is 12.0 Å². The average Bonchev–Trinajstić information content (AvgIpc) is 2.28.